The first kappa shape index (κ1) is 17.4. The summed E-state index contributed by atoms with van der Waals surface area (Å²) in [5.41, 5.74) is 1.32. The largest absolute Gasteiger partial charge is 0.459 e. The molecule has 0 bridgehead atoms. The van der Waals surface area contributed by atoms with E-state index in [1.807, 2.05) is 0 Å². The van der Waals surface area contributed by atoms with Gasteiger partial charge in [-0.15, -0.1) is 0 Å². The highest BCUT2D eigenvalue weighted by Gasteiger charge is 2.18. The Hall–Kier alpha value is -1.93. The van der Waals surface area contributed by atoms with Crippen molar-refractivity contribution in [3.8, 4) is 0 Å². The van der Waals surface area contributed by atoms with Crippen molar-refractivity contribution in [2.45, 2.75) is 26.3 Å². The highest BCUT2D eigenvalue weighted by Crippen LogP contribution is 2.29. The summed E-state index contributed by atoms with van der Waals surface area (Å²) in [5, 5.41) is 3.40. The monoisotopic (exact) mass is 342 g/mol. The molecule has 0 spiro atoms. The number of sulfonamides is 1. The van der Waals surface area contributed by atoms with Gasteiger partial charge in [-0.1, -0.05) is 0 Å². The minimum Gasteiger partial charge on any atom is -0.459 e. The zero-order valence-corrected chi connectivity index (χ0v) is 14.0. The molecule has 1 aromatic carbocycles. The second-order valence-electron chi connectivity index (χ2n) is 5.44. The molecule has 0 aliphatic carbocycles. The third-order valence-electron chi connectivity index (χ3n) is 3.42. The van der Waals surface area contributed by atoms with Crippen LogP contribution in [0, 0.1) is 12.7 Å². The van der Waals surface area contributed by atoms with Crippen molar-refractivity contribution in [1.82, 2.24) is 10.0 Å². The molecule has 0 aliphatic heterocycles. The van der Waals surface area contributed by atoms with E-state index in [0.29, 0.717) is 16.7 Å². The highest BCUT2D eigenvalue weighted by atomic mass is 32.2. The SMILES string of the molecule is Cc1c(C(C)NC(=O)CCNS(C)(=O)=O)oc2ccc(F)cc12. The Morgan fingerprint density at radius 3 is 2.74 bits per heavy atom. The molecule has 0 saturated heterocycles. The standard InChI is InChI=1S/C15H19FN2O4S/c1-9-12-8-11(16)4-5-13(12)22-15(9)10(2)18-14(19)6-7-17-23(3,20)21/h4-5,8,10,17H,6-7H2,1-3H3,(H,18,19). The van der Waals surface area contributed by atoms with Gasteiger partial charge in [0.2, 0.25) is 15.9 Å². The van der Waals surface area contributed by atoms with Crippen molar-refractivity contribution in [3.05, 3.63) is 35.3 Å². The molecule has 2 N–H and O–H groups in total. The number of nitrogens with one attached hydrogen (secondary N) is 2. The van der Waals surface area contributed by atoms with Crippen LogP contribution in [-0.4, -0.2) is 27.1 Å². The predicted molar refractivity (Wildman–Crippen MR) is 84.9 cm³/mol. The Bertz CT molecular complexity index is 829. The molecule has 23 heavy (non-hydrogen) atoms. The predicted octanol–water partition coefficient (Wildman–Crippen LogP) is 2.00. The lowest BCUT2D eigenvalue weighted by molar-refractivity contribution is -0.121. The van der Waals surface area contributed by atoms with Gasteiger partial charge in [0.25, 0.3) is 0 Å². The van der Waals surface area contributed by atoms with Gasteiger partial charge in [0.1, 0.15) is 17.2 Å². The first-order valence-corrected chi connectivity index (χ1v) is 8.99. The number of hydrogen-bond donors (Lipinski definition) is 2. The Morgan fingerprint density at radius 2 is 2.09 bits per heavy atom. The van der Waals surface area contributed by atoms with Crippen molar-refractivity contribution >= 4 is 26.9 Å². The molecule has 1 amide bonds. The summed E-state index contributed by atoms with van der Waals surface area (Å²) in [6.07, 6.45) is 1.05. The van der Waals surface area contributed by atoms with Crippen molar-refractivity contribution in [2.75, 3.05) is 12.8 Å². The maximum absolute atomic E-state index is 13.3. The summed E-state index contributed by atoms with van der Waals surface area (Å²) in [5.74, 6) is -0.105. The summed E-state index contributed by atoms with van der Waals surface area (Å²) in [7, 11) is -3.31. The van der Waals surface area contributed by atoms with Crippen molar-refractivity contribution in [3.63, 3.8) is 0 Å². The number of fused-ring (bicyclic) bond motifs is 1. The second-order valence-corrected chi connectivity index (χ2v) is 7.27. The molecule has 0 radical (unpaired) electrons. The number of carbonyl (C=O) groups excluding carboxylic acids is 1. The topological polar surface area (TPSA) is 88.4 Å². The Balaban J connectivity index is 2.04. The van der Waals surface area contributed by atoms with Gasteiger partial charge in [-0.25, -0.2) is 17.5 Å². The van der Waals surface area contributed by atoms with E-state index < -0.39 is 16.1 Å². The van der Waals surface area contributed by atoms with Crippen LogP contribution in [0.25, 0.3) is 11.0 Å². The van der Waals surface area contributed by atoms with E-state index in [4.69, 9.17) is 4.42 Å². The van der Waals surface area contributed by atoms with Gasteiger partial charge < -0.3 is 9.73 Å². The fourth-order valence-corrected chi connectivity index (χ4v) is 2.83. The molecule has 6 nitrogen and oxygen atoms in total. The number of halogens is 1. The van der Waals surface area contributed by atoms with Gasteiger partial charge in [-0.2, -0.15) is 0 Å². The molecule has 1 aromatic heterocycles. The number of benzene rings is 1. The van der Waals surface area contributed by atoms with Crippen molar-refractivity contribution < 1.29 is 22.0 Å². The van der Waals surface area contributed by atoms with E-state index in [1.165, 1.54) is 12.1 Å². The fraction of sp³-hybridized carbons (Fsp3) is 0.400. The summed E-state index contributed by atoms with van der Waals surface area (Å²) in [4.78, 5) is 11.8. The number of aryl methyl sites for hydroxylation is 1. The first-order valence-electron chi connectivity index (χ1n) is 7.10. The lowest BCUT2D eigenvalue weighted by Gasteiger charge is -2.12. The van der Waals surface area contributed by atoms with Crippen LogP contribution in [-0.2, 0) is 14.8 Å². The van der Waals surface area contributed by atoms with E-state index in [9.17, 15) is 17.6 Å². The quantitative estimate of drug-likeness (QED) is 0.840. The lowest BCUT2D eigenvalue weighted by atomic mass is 10.1. The molecule has 1 heterocycles. The molecule has 1 atom stereocenters. The average molecular weight is 342 g/mol. The number of rotatable bonds is 6. The third kappa shape index (κ3) is 4.52. The maximum Gasteiger partial charge on any atom is 0.221 e. The molecule has 8 heteroatoms. The van der Waals surface area contributed by atoms with Crippen LogP contribution in [0.15, 0.2) is 22.6 Å². The van der Waals surface area contributed by atoms with Gasteiger partial charge in [0.05, 0.1) is 12.3 Å². The van der Waals surface area contributed by atoms with Crippen LogP contribution in [0.4, 0.5) is 4.39 Å². The molecule has 1 unspecified atom stereocenters. The van der Waals surface area contributed by atoms with E-state index in [2.05, 4.69) is 10.0 Å². The van der Waals surface area contributed by atoms with Crippen molar-refractivity contribution in [2.24, 2.45) is 0 Å². The zero-order valence-electron chi connectivity index (χ0n) is 13.1. The number of amides is 1. The van der Waals surface area contributed by atoms with Gasteiger partial charge >= 0.3 is 0 Å². The van der Waals surface area contributed by atoms with Crippen LogP contribution in [0.2, 0.25) is 0 Å². The smallest absolute Gasteiger partial charge is 0.221 e. The lowest BCUT2D eigenvalue weighted by Crippen LogP contribution is -2.31. The maximum atomic E-state index is 13.3. The van der Waals surface area contributed by atoms with Gasteiger partial charge in [0.15, 0.2) is 0 Å². The molecular weight excluding hydrogens is 323 g/mol. The van der Waals surface area contributed by atoms with Crippen LogP contribution >= 0.6 is 0 Å². The molecule has 0 fully saturated rings. The van der Waals surface area contributed by atoms with Crippen molar-refractivity contribution in [1.29, 1.82) is 0 Å². The van der Waals surface area contributed by atoms with Gasteiger partial charge in [-0.3, -0.25) is 4.79 Å². The third-order valence-corrected chi connectivity index (χ3v) is 4.15. The van der Waals surface area contributed by atoms with E-state index in [1.54, 1.807) is 19.9 Å². The van der Waals surface area contributed by atoms with Gasteiger partial charge in [-0.05, 0) is 32.0 Å². The van der Waals surface area contributed by atoms with Crippen LogP contribution in [0.3, 0.4) is 0 Å². The van der Waals surface area contributed by atoms with E-state index in [-0.39, 0.29) is 24.7 Å². The molecular formula is C15H19FN2O4S. The summed E-state index contributed by atoms with van der Waals surface area (Å²) >= 11 is 0. The number of hydrogen-bond acceptors (Lipinski definition) is 4. The number of furan rings is 1. The summed E-state index contributed by atoms with van der Waals surface area (Å²) in [6.45, 7) is 3.58. The molecule has 0 saturated carbocycles. The highest BCUT2D eigenvalue weighted by molar-refractivity contribution is 7.88. The Morgan fingerprint density at radius 1 is 1.39 bits per heavy atom. The summed E-state index contributed by atoms with van der Waals surface area (Å²) < 4.78 is 43.1. The Labute approximate surface area is 134 Å². The fourth-order valence-electron chi connectivity index (χ4n) is 2.35. The minimum atomic E-state index is -3.31. The zero-order chi connectivity index (χ0) is 17.2. The molecule has 2 rings (SSSR count). The normalized spacial score (nSPS) is 13.2. The van der Waals surface area contributed by atoms with Gasteiger partial charge in [0, 0.05) is 23.9 Å². The molecule has 126 valence electrons. The van der Waals surface area contributed by atoms with Crippen LogP contribution in [0.1, 0.15) is 30.7 Å². The van der Waals surface area contributed by atoms with E-state index >= 15 is 0 Å². The summed E-state index contributed by atoms with van der Waals surface area (Å²) in [6, 6.07) is 3.85. The molecule has 0 aliphatic rings. The van der Waals surface area contributed by atoms with Crippen LogP contribution in [0.5, 0.6) is 0 Å². The number of carbonyl (C=O) groups is 1. The van der Waals surface area contributed by atoms with Crippen LogP contribution < -0.4 is 10.0 Å². The average Bonchev–Trinajstić information content (AvgIpc) is 2.74. The Kier molecular flexibility index (Phi) is 5.06. The minimum absolute atomic E-state index is 0.0192. The first-order chi connectivity index (χ1) is 10.7. The molecule has 2 aromatic rings. The second kappa shape index (κ2) is 6.67. The van der Waals surface area contributed by atoms with E-state index in [0.717, 1.165) is 11.8 Å².